The van der Waals surface area contributed by atoms with Crippen molar-refractivity contribution in [2.45, 2.75) is 19.3 Å². The van der Waals surface area contributed by atoms with E-state index in [0.717, 1.165) is 23.6 Å². The smallest absolute Gasteiger partial charge is 0.254 e. The largest absolute Gasteiger partial charge is 0.355 e. The van der Waals surface area contributed by atoms with Gasteiger partial charge in [-0.3, -0.25) is 9.59 Å². The van der Waals surface area contributed by atoms with Crippen LogP contribution < -0.4 is 5.32 Å². The van der Waals surface area contributed by atoms with E-state index in [1.54, 1.807) is 23.1 Å². The van der Waals surface area contributed by atoms with Crippen molar-refractivity contribution in [1.82, 2.24) is 10.2 Å². The number of halogens is 1. The average molecular weight is 404 g/mol. The molecular weight excluding hydrogens is 379 g/mol. The van der Waals surface area contributed by atoms with Gasteiger partial charge in [0.1, 0.15) is 5.82 Å². The monoisotopic (exact) mass is 404 g/mol. The summed E-state index contributed by atoms with van der Waals surface area (Å²) < 4.78 is 13.7. The number of benzene rings is 3. The quantitative estimate of drug-likeness (QED) is 0.693. The summed E-state index contributed by atoms with van der Waals surface area (Å²) in [5, 5.41) is 4.88. The Labute approximate surface area is 175 Å². The van der Waals surface area contributed by atoms with Gasteiger partial charge in [-0.25, -0.2) is 4.39 Å². The number of nitrogens with zero attached hydrogens (tertiary/aromatic N) is 1. The van der Waals surface area contributed by atoms with Crippen molar-refractivity contribution >= 4 is 22.6 Å². The number of carbonyl (C=O) groups excluding carboxylic acids is 2. The van der Waals surface area contributed by atoms with Gasteiger partial charge in [0.15, 0.2) is 0 Å². The zero-order valence-corrected chi connectivity index (χ0v) is 16.8. The summed E-state index contributed by atoms with van der Waals surface area (Å²) in [5.41, 5.74) is 1.27. The van der Waals surface area contributed by atoms with Gasteiger partial charge in [0.25, 0.3) is 5.91 Å². The highest BCUT2D eigenvalue weighted by Gasteiger charge is 2.29. The second kappa shape index (κ2) is 9.08. The Bertz CT molecular complexity index is 1060. The highest BCUT2D eigenvalue weighted by Crippen LogP contribution is 2.23. The number of amides is 2. The van der Waals surface area contributed by atoms with E-state index in [1.807, 2.05) is 42.5 Å². The minimum atomic E-state index is -0.253. The van der Waals surface area contributed by atoms with Crippen LogP contribution in [0.15, 0.2) is 66.7 Å². The van der Waals surface area contributed by atoms with Gasteiger partial charge < -0.3 is 10.2 Å². The lowest BCUT2D eigenvalue weighted by Crippen LogP contribution is -2.45. The van der Waals surface area contributed by atoms with Crippen molar-refractivity contribution in [3.05, 3.63) is 83.7 Å². The fraction of sp³-hybridized carbons (Fsp3) is 0.280. The highest BCUT2D eigenvalue weighted by molar-refractivity contribution is 6.07. The summed E-state index contributed by atoms with van der Waals surface area (Å²) in [5.74, 6) is -0.591. The van der Waals surface area contributed by atoms with Crippen LogP contribution in [-0.4, -0.2) is 36.3 Å². The van der Waals surface area contributed by atoms with Crippen LogP contribution in [0.1, 0.15) is 28.8 Å². The molecular formula is C25H25FN2O2. The van der Waals surface area contributed by atoms with E-state index >= 15 is 0 Å². The first kappa shape index (κ1) is 20.1. The number of rotatable bonds is 5. The normalized spacial score (nSPS) is 16.4. The van der Waals surface area contributed by atoms with Crippen LogP contribution in [-0.2, 0) is 11.2 Å². The molecule has 0 bridgehead atoms. The lowest BCUT2D eigenvalue weighted by Gasteiger charge is -2.32. The predicted octanol–water partition coefficient (Wildman–Crippen LogP) is 4.19. The second-order valence-electron chi connectivity index (χ2n) is 7.75. The van der Waals surface area contributed by atoms with E-state index in [1.165, 1.54) is 6.07 Å². The molecule has 1 heterocycles. The molecule has 2 amide bonds. The third kappa shape index (κ3) is 4.35. The molecule has 0 aromatic heterocycles. The Morgan fingerprint density at radius 2 is 1.77 bits per heavy atom. The van der Waals surface area contributed by atoms with Gasteiger partial charge in [-0.2, -0.15) is 0 Å². The number of nitrogens with one attached hydrogen (secondary N) is 1. The Morgan fingerprint density at radius 1 is 1.00 bits per heavy atom. The van der Waals surface area contributed by atoms with Crippen molar-refractivity contribution in [3.8, 4) is 0 Å². The second-order valence-corrected chi connectivity index (χ2v) is 7.75. The third-order valence-electron chi connectivity index (χ3n) is 5.75. The summed E-state index contributed by atoms with van der Waals surface area (Å²) in [6.45, 7) is 1.45. The van der Waals surface area contributed by atoms with Crippen molar-refractivity contribution < 1.29 is 14.0 Å². The summed E-state index contributed by atoms with van der Waals surface area (Å²) in [7, 11) is 0. The molecule has 0 aliphatic carbocycles. The van der Waals surface area contributed by atoms with Gasteiger partial charge in [-0.15, -0.1) is 0 Å². The molecule has 0 spiro atoms. The van der Waals surface area contributed by atoms with Crippen molar-refractivity contribution in [1.29, 1.82) is 0 Å². The maximum Gasteiger partial charge on any atom is 0.254 e. The zero-order chi connectivity index (χ0) is 20.9. The molecule has 30 heavy (non-hydrogen) atoms. The van der Waals surface area contributed by atoms with Crippen LogP contribution in [0.2, 0.25) is 0 Å². The van der Waals surface area contributed by atoms with Crippen LogP contribution in [0, 0.1) is 11.7 Å². The van der Waals surface area contributed by atoms with Crippen LogP contribution in [0.5, 0.6) is 0 Å². The number of piperidine rings is 1. The Morgan fingerprint density at radius 3 is 2.63 bits per heavy atom. The fourth-order valence-corrected chi connectivity index (χ4v) is 4.12. The SMILES string of the molecule is O=C(NCCc1ccccc1F)[C@@H]1CCCN(C(=O)c2cccc3ccccc23)C1. The van der Waals surface area contributed by atoms with E-state index in [9.17, 15) is 14.0 Å². The van der Waals surface area contributed by atoms with Crippen LogP contribution in [0.25, 0.3) is 10.8 Å². The van der Waals surface area contributed by atoms with E-state index in [0.29, 0.717) is 37.2 Å². The average Bonchev–Trinajstić information content (AvgIpc) is 2.79. The minimum absolute atomic E-state index is 0.0318. The van der Waals surface area contributed by atoms with Crippen molar-refractivity contribution in [3.63, 3.8) is 0 Å². The van der Waals surface area contributed by atoms with Gasteiger partial charge in [0.2, 0.25) is 5.91 Å². The summed E-state index contributed by atoms with van der Waals surface area (Å²) in [6.07, 6.45) is 2.00. The molecule has 5 heteroatoms. The van der Waals surface area contributed by atoms with Crippen LogP contribution in [0.4, 0.5) is 4.39 Å². The van der Waals surface area contributed by atoms with E-state index in [2.05, 4.69) is 5.32 Å². The number of hydrogen-bond donors (Lipinski definition) is 1. The van der Waals surface area contributed by atoms with Gasteiger partial charge >= 0.3 is 0 Å². The maximum absolute atomic E-state index is 13.7. The summed E-state index contributed by atoms with van der Waals surface area (Å²) in [6, 6.07) is 20.2. The zero-order valence-electron chi connectivity index (χ0n) is 16.8. The predicted molar refractivity (Wildman–Crippen MR) is 116 cm³/mol. The summed E-state index contributed by atoms with van der Waals surface area (Å²) >= 11 is 0. The standard InChI is InChI=1S/C25H25FN2O2/c26-23-13-4-2-8-19(23)14-15-27-24(29)20-10-6-16-28(17-20)25(30)22-12-5-9-18-7-1-3-11-21(18)22/h1-5,7-9,11-13,20H,6,10,14-17H2,(H,27,29)/t20-/m1/s1. The maximum atomic E-state index is 13.7. The highest BCUT2D eigenvalue weighted by atomic mass is 19.1. The van der Waals surface area contributed by atoms with Crippen LogP contribution in [0.3, 0.4) is 0 Å². The number of fused-ring (bicyclic) bond motifs is 1. The fourth-order valence-electron chi connectivity index (χ4n) is 4.12. The Balaban J connectivity index is 1.38. The van der Waals surface area contributed by atoms with E-state index in [4.69, 9.17) is 0 Å². The number of likely N-dealkylation sites (tertiary alicyclic amines) is 1. The topological polar surface area (TPSA) is 49.4 Å². The molecule has 3 aromatic rings. The lowest BCUT2D eigenvalue weighted by molar-refractivity contribution is -0.126. The number of hydrogen-bond acceptors (Lipinski definition) is 2. The Hall–Kier alpha value is -3.21. The molecule has 1 aliphatic heterocycles. The first-order chi connectivity index (χ1) is 14.6. The molecule has 4 rings (SSSR count). The molecule has 0 saturated carbocycles. The first-order valence-corrected chi connectivity index (χ1v) is 10.4. The van der Waals surface area contributed by atoms with Gasteiger partial charge in [-0.1, -0.05) is 54.6 Å². The molecule has 1 N–H and O–H groups in total. The van der Waals surface area contributed by atoms with E-state index < -0.39 is 0 Å². The van der Waals surface area contributed by atoms with Gasteiger partial charge in [0, 0.05) is 25.2 Å². The molecule has 0 unspecified atom stereocenters. The molecule has 3 aromatic carbocycles. The molecule has 1 fully saturated rings. The molecule has 154 valence electrons. The third-order valence-corrected chi connectivity index (χ3v) is 5.75. The molecule has 1 aliphatic rings. The van der Waals surface area contributed by atoms with Crippen molar-refractivity contribution in [2.75, 3.05) is 19.6 Å². The molecule has 1 saturated heterocycles. The van der Waals surface area contributed by atoms with E-state index in [-0.39, 0.29) is 23.5 Å². The summed E-state index contributed by atoms with van der Waals surface area (Å²) in [4.78, 5) is 27.6. The van der Waals surface area contributed by atoms with Crippen molar-refractivity contribution in [2.24, 2.45) is 5.92 Å². The molecule has 4 nitrogen and oxygen atoms in total. The molecule has 1 atom stereocenters. The first-order valence-electron chi connectivity index (χ1n) is 10.4. The Kier molecular flexibility index (Phi) is 6.07. The molecule has 0 radical (unpaired) electrons. The van der Waals surface area contributed by atoms with Gasteiger partial charge in [0.05, 0.1) is 5.92 Å². The van der Waals surface area contributed by atoms with Gasteiger partial charge in [-0.05, 0) is 47.7 Å². The number of carbonyl (C=O) groups is 2. The van der Waals surface area contributed by atoms with Crippen LogP contribution >= 0.6 is 0 Å². The minimum Gasteiger partial charge on any atom is -0.355 e. The lowest BCUT2D eigenvalue weighted by atomic mass is 9.95.